The molecule has 2 aliphatic heterocycles. The molecule has 12 N–H and O–H groups in total. The van der Waals surface area contributed by atoms with E-state index in [1.54, 1.807) is 200 Å². The quantitative estimate of drug-likeness (QED) is 0.0190. The number of hydrogen-bond acceptors (Lipinski definition) is 29. The van der Waals surface area contributed by atoms with Gasteiger partial charge in [0.2, 0.25) is 6.41 Å². The summed E-state index contributed by atoms with van der Waals surface area (Å²) in [7, 11) is 3.38. The molecule has 131 heavy (non-hydrogen) atoms. The fourth-order valence-corrected chi connectivity index (χ4v) is 20.4. The second-order valence-electron chi connectivity index (χ2n) is 35.8. The smallest absolute Gasteiger partial charge is 0.338 e. The van der Waals surface area contributed by atoms with Gasteiger partial charge in [-0.05, 0) is 110 Å². The molecule has 6 aliphatic carbocycles. The minimum atomic E-state index is -2.39. The second kappa shape index (κ2) is 39.5. The molecule has 0 spiro atoms. The number of aliphatic hydroxyl groups excluding tert-OH is 4. The number of carbonyl (C=O) groups excluding carboxylic acids is 13. The molecule has 14 rings (SSSR count). The topological polar surface area (TPSA) is 526 Å². The van der Waals surface area contributed by atoms with Gasteiger partial charge < -0.3 is 104 Å². The first-order valence-corrected chi connectivity index (χ1v) is 42.3. The number of aliphatic hydroxyl groups is 6. The van der Waals surface area contributed by atoms with Gasteiger partial charge in [-0.2, -0.15) is 0 Å². The zero-order chi connectivity index (χ0) is 94.2. The van der Waals surface area contributed by atoms with E-state index >= 15 is 9.59 Å². The van der Waals surface area contributed by atoms with Crippen LogP contribution in [0.3, 0.4) is 0 Å². The lowest BCUT2D eigenvalue weighted by Gasteiger charge is -2.67. The molecule has 34 heteroatoms. The molecule has 702 valence electrons. The predicted molar refractivity (Wildman–Crippen MR) is 462 cm³/mol. The van der Waals surface area contributed by atoms with Crippen molar-refractivity contribution in [3.63, 3.8) is 0 Å². The van der Waals surface area contributed by atoms with Crippen molar-refractivity contribution in [1.82, 2.24) is 15.5 Å². The summed E-state index contributed by atoms with van der Waals surface area (Å²) >= 11 is 0. The summed E-state index contributed by atoms with van der Waals surface area (Å²) in [6, 6.07) is 45.9. The van der Waals surface area contributed by atoms with Crippen LogP contribution in [0.5, 0.6) is 0 Å². The Hall–Kier alpha value is -12.1. The number of hydrogen-bond donors (Lipinski definition) is 8. The van der Waals surface area contributed by atoms with E-state index < -0.39 is 225 Å². The van der Waals surface area contributed by atoms with Crippen molar-refractivity contribution in [2.45, 2.75) is 217 Å². The number of ether oxygens (including phenoxy) is 10. The summed E-state index contributed by atoms with van der Waals surface area (Å²) in [4.78, 5) is 178. The highest BCUT2D eigenvalue weighted by molar-refractivity contribution is 5.99. The Kier molecular flexibility index (Phi) is 30.5. The lowest BCUT2D eigenvalue weighted by molar-refractivity contribution is -0.346. The number of nitrogens with one attached hydrogen (secondary N) is 2. The average Bonchev–Trinajstić information content (AvgIpc) is 0.671. The van der Waals surface area contributed by atoms with Gasteiger partial charge in [-0.15, -0.1) is 0 Å². The summed E-state index contributed by atoms with van der Waals surface area (Å²) in [6.07, 6.45) is -20.3. The molecule has 4 unspecified atom stereocenters. The zero-order valence-electron chi connectivity index (χ0n) is 74.9. The SMILES string of the molecule is CC(=O)O[C@H]1C(=O)[C@@]2(C)C(C(OC(=O)c3ccccc3)[C@]3(O)C[C@H](OC(=O)[C@H](O)[C@@H](NC(=O)c4ccccc4)c4ccccc4)C(C)=C1C3(C)C)[C@]1(OC(C)=O)CO[C@@H]1C[C@@H]2O.CC(=O)O[C@H]1C(=O)[C@@]2(C)C(C(OC(=O)c3ccccc3)[C@]3(O)C[C@H](OC(=O)[C@H](O)[C@@H](NC(=O)c4ccccc4)c4ccccc4)C(C)=C1C3(C)C)[C@]1(OC(C)=O)CO[C@@H]1C[C@@H]2O.CN(C)C=O.O.O. The molecule has 22 atom stereocenters. The summed E-state index contributed by atoms with van der Waals surface area (Å²) in [5.74, 6) is -13.7. The van der Waals surface area contributed by atoms with Crippen LogP contribution in [0.2, 0.25) is 0 Å². The van der Waals surface area contributed by atoms with Crippen molar-refractivity contribution < 1.29 is 151 Å². The molecule has 8 aliphatic rings. The van der Waals surface area contributed by atoms with E-state index in [4.69, 9.17) is 47.4 Å². The van der Waals surface area contributed by atoms with Crippen LogP contribution in [-0.2, 0) is 90.5 Å². The van der Waals surface area contributed by atoms with Gasteiger partial charge in [0, 0.05) is 89.4 Å². The van der Waals surface area contributed by atoms with Crippen LogP contribution < -0.4 is 10.6 Å². The van der Waals surface area contributed by atoms with E-state index in [-0.39, 0.29) is 81.6 Å². The second-order valence-corrected chi connectivity index (χ2v) is 35.8. The Bertz CT molecular complexity index is 5010. The number of esters is 8. The van der Waals surface area contributed by atoms with Crippen LogP contribution in [0.4, 0.5) is 0 Å². The van der Waals surface area contributed by atoms with Gasteiger partial charge in [0.05, 0.1) is 71.3 Å². The van der Waals surface area contributed by atoms with Crippen LogP contribution in [0, 0.1) is 33.5 Å². The van der Waals surface area contributed by atoms with Gasteiger partial charge in [0.1, 0.15) is 47.8 Å². The van der Waals surface area contributed by atoms with Gasteiger partial charge in [-0.3, -0.25) is 43.2 Å². The third-order valence-corrected chi connectivity index (χ3v) is 27.2. The van der Waals surface area contributed by atoms with E-state index in [0.717, 1.165) is 34.1 Å². The Morgan fingerprint density at radius 3 is 0.985 bits per heavy atom. The Morgan fingerprint density at radius 2 is 0.725 bits per heavy atom. The molecular weight excluding hydrogens is 1700 g/mol. The molecule has 6 fully saturated rings. The molecule has 6 aromatic rings. The monoisotopic (exact) mass is 1820 g/mol. The van der Waals surface area contributed by atoms with Crippen LogP contribution in [0.25, 0.3) is 0 Å². The van der Waals surface area contributed by atoms with Crippen molar-refractivity contribution in [2.24, 2.45) is 33.5 Å². The minimum absolute atomic E-state index is 0. The number of fused-ring (bicyclic) bond motifs is 10. The number of amides is 3. The van der Waals surface area contributed by atoms with E-state index in [0.29, 0.717) is 11.1 Å². The Labute approximate surface area is 755 Å². The number of ketones is 2. The lowest BCUT2D eigenvalue weighted by Crippen LogP contribution is -2.82. The molecule has 4 saturated carbocycles. The average molecular weight is 1820 g/mol. The lowest BCUT2D eigenvalue weighted by atomic mass is 9.44. The first-order valence-electron chi connectivity index (χ1n) is 42.3. The van der Waals surface area contributed by atoms with Crippen molar-refractivity contribution in [3.8, 4) is 0 Å². The van der Waals surface area contributed by atoms with E-state index in [2.05, 4.69) is 10.6 Å². The molecular formula is C97H113N3O31. The minimum Gasteiger partial charge on any atom is -0.456 e. The highest BCUT2D eigenvalue weighted by atomic mass is 16.7. The maximum Gasteiger partial charge on any atom is 0.338 e. The Morgan fingerprint density at radius 1 is 0.443 bits per heavy atom. The number of benzene rings is 6. The summed E-state index contributed by atoms with van der Waals surface area (Å²) < 4.78 is 60.5. The predicted octanol–water partition coefficient (Wildman–Crippen LogP) is 5.53. The van der Waals surface area contributed by atoms with E-state index in [1.807, 2.05) is 0 Å². The van der Waals surface area contributed by atoms with E-state index in [1.165, 1.54) is 56.9 Å². The van der Waals surface area contributed by atoms with Gasteiger partial charge in [-0.1, -0.05) is 161 Å². The highest BCUT2D eigenvalue weighted by Gasteiger charge is 2.81. The van der Waals surface area contributed by atoms with Crippen LogP contribution >= 0.6 is 0 Å². The fourth-order valence-electron chi connectivity index (χ4n) is 20.4. The zero-order valence-corrected chi connectivity index (χ0v) is 74.9. The summed E-state index contributed by atoms with van der Waals surface area (Å²) in [6.45, 7) is 15.9. The normalized spacial score (nSPS) is 30.4. The first kappa shape index (κ1) is 101. The molecule has 6 aromatic carbocycles. The molecule has 3 amide bonds. The van der Waals surface area contributed by atoms with Gasteiger partial charge in [-0.25, -0.2) is 19.2 Å². The Balaban J connectivity index is 0.000000255. The van der Waals surface area contributed by atoms with Crippen LogP contribution in [-0.4, -0.2) is 247 Å². The summed E-state index contributed by atoms with van der Waals surface area (Å²) in [5.41, 5.74) is -14.0. The van der Waals surface area contributed by atoms with Crippen molar-refractivity contribution >= 4 is 77.5 Å². The molecule has 4 bridgehead atoms. The largest absolute Gasteiger partial charge is 0.456 e. The van der Waals surface area contributed by atoms with Crippen molar-refractivity contribution in [3.05, 3.63) is 238 Å². The molecule has 34 nitrogen and oxygen atoms in total. The summed E-state index contributed by atoms with van der Waals surface area (Å²) in [5, 5.41) is 80.5. The van der Waals surface area contributed by atoms with Crippen LogP contribution in [0.15, 0.2) is 204 Å². The maximum absolute atomic E-state index is 15.5. The fraction of sp³-hybridized carbons (Fsp3) is 0.454. The van der Waals surface area contributed by atoms with Gasteiger partial charge in [0.15, 0.2) is 47.2 Å². The molecule has 0 aromatic heterocycles. The number of nitrogens with zero attached hydrogens (tertiary/aromatic N) is 1. The maximum atomic E-state index is 15.5. The number of rotatable bonds is 21. The molecule has 0 radical (unpaired) electrons. The third kappa shape index (κ3) is 18.6. The van der Waals surface area contributed by atoms with Crippen molar-refractivity contribution in [1.29, 1.82) is 0 Å². The third-order valence-electron chi connectivity index (χ3n) is 27.2. The van der Waals surface area contributed by atoms with E-state index in [9.17, 15) is 83.4 Å². The highest BCUT2D eigenvalue weighted by Crippen LogP contribution is 2.67. The number of Topliss-reactive ketones (excluding diaryl/α,β-unsaturated/α-hetero) is 2. The standard InChI is InChI=1S/2C47H51NO14.C3H7NO.2H2O/c2*1-25-31(60-43(56)36(52)35(28-16-10-7-11-17-28)48-41(54)29-18-12-8-13-19-29)23-47(57)40(61-42(55)30-20-14-9-15-21-30)38-45(6,32(51)22-33-46(38,24-58-33)62-27(3)50)39(53)37(59-26(2)49)34(25)44(47,4)5;1-4(2)3-5;;/h2*7-21,31-33,35-38,40,51-52,57H,22-24H2,1-6H3,(H,48,54);3H,1-2H3;2*1H2/t2*31-,32-,33+,35-,36+,37+,38?,40?,45+,46-,47+;;;/m00.../s1. The van der Waals surface area contributed by atoms with Gasteiger partial charge in [0.25, 0.3) is 11.8 Å². The molecule has 2 saturated heterocycles. The van der Waals surface area contributed by atoms with Crippen LogP contribution in [0.1, 0.15) is 173 Å². The number of carbonyl (C=O) groups is 13. The molecule has 2 heterocycles. The van der Waals surface area contributed by atoms with Crippen molar-refractivity contribution in [2.75, 3.05) is 27.3 Å². The van der Waals surface area contributed by atoms with Gasteiger partial charge >= 0.3 is 47.8 Å². The first-order chi connectivity index (χ1) is 60.8.